The predicted octanol–water partition coefficient (Wildman–Crippen LogP) is 2.96. The molecule has 0 aliphatic heterocycles. The van der Waals surface area contributed by atoms with Crippen molar-refractivity contribution in [3.63, 3.8) is 0 Å². The van der Waals surface area contributed by atoms with Crippen LogP contribution in [0, 0.1) is 0 Å². The number of rotatable bonds is 5. The van der Waals surface area contributed by atoms with Gasteiger partial charge in [-0.05, 0) is 44.5 Å². The van der Waals surface area contributed by atoms with Crippen molar-refractivity contribution in [2.45, 2.75) is 32.5 Å². The fourth-order valence-corrected chi connectivity index (χ4v) is 1.45. The first-order valence-electron chi connectivity index (χ1n) is 6.46. The molecule has 0 amide bonds. The lowest BCUT2D eigenvalue weighted by atomic mass is 10.1. The smallest absolute Gasteiger partial charge is 0.349 e. The Labute approximate surface area is 123 Å². The largest absolute Gasteiger partial charge is 0.497 e. The molecule has 0 bridgehead atoms. The minimum Gasteiger partial charge on any atom is -0.497 e. The molecular formula is C16H19FO4. The third-order valence-electron chi connectivity index (χ3n) is 2.42. The SMILES string of the molecule is COc1ccc(/C=C/C(=O)C(F)C(=O)OC(C)(C)C)cc1. The van der Waals surface area contributed by atoms with Gasteiger partial charge in [-0.1, -0.05) is 18.2 Å². The Hall–Kier alpha value is -2.17. The van der Waals surface area contributed by atoms with Crippen LogP contribution in [0.4, 0.5) is 4.39 Å². The van der Waals surface area contributed by atoms with Crippen LogP contribution in [0.15, 0.2) is 30.3 Å². The highest BCUT2D eigenvalue weighted by atomic mass is 19.1. The minimum atomic E-state index is -2.31. The third-order valence-corrected chi connectivity index (χ3v) is 2.42. The van der Waals surface area contributed by atoms with E-state index in [4.69, 9.17) is 9.47 Å². The molecule has 0 radical (unpaired) electrons. The van der Waals surface area contributed by atoms with Crippen LogP contribution in [0.25, 0.3) is 6.08 Å². The standard InChI is InChI=1S/C16H19FO4/c1-16(2,3)21-15(19)14(17)13(18)10-7-11-5-8-12(20-4)9-6-11/h5-10,14H,1-4H3/b10-7+. The molecule has 0 spiro atoms. The van der Waals surface area contributed by atoms with Crippen molar-refractivity contribution in [2.75, 3.05) is 7.11 Å². The molecule has 0 heterocycles. The van der Waals surface area contributed by atoms with Crippen LogP contribution in [-0.4, -0.2) is 30.6 Å². The number of hydrogen-bond acceptors (Lipinski definition) is 4. The zero-order valence-corrected chi connectivity index (χ0v) is 12.6. The molecule has 0 aliphatic rings. The molecule has 1 aromatic carbocycles. The first-order valence-corrected chi connectivity index (χ1v) is 6.46. The van der Waals surface area contributed by atoms with E-state index >= 15 is 0 Å². The second-order valence-electron chi connectivity index (χ2n) is 5.40. The van der Waals surface area contributed by atoms with Crippen molar-refractivity contribution in [3.05, 3.63) is 35.9 Å². The van der Waals surface area contributed by atoms with Gasteiger partial charge in [0.25, 0.3) is 6.17 Å². The Balaban J connectivity index is 2.66. The van der Waals surface area contributed by atoms with Crippen molar-refractivity contribution < 1.29 is 23.5 Å². The molecule has 114 valence electrons. The van der Waals surface area contributed by atoms with Crippen LogP contribution in [-0.2, 0) is 14.3 Å². The molecule has 0 fully saturated rings. The maximum atomic E-state index is 13.6. The second-order valence-corrected chi connectivity index (χ2v) is 5.40. The van der Waals surface area contributed by atoms with E-state index in [1.807, 2.05) is 0 Å². The molecule has 0 aromatic heterocycles. The molecule has 4 nitrogen and oxygen atoms in total. The van der Waals surface area contributed by atoms with Gasteiger partial charge in [-0.3, -0.25) is 4.79 Å². The number of allylic oxidation sites excluding steroid dienone is 1. The molecule has 1 atom stereocenters. The fraction of sp³-hybridized carbons (Fsp3) is 0.375. The molecule has 0 aliphatic carbocycles. The topological polar surface area (TPSA) is 52.6 Å². The van der Waals surface area contributed by atoms with Gasteiger partial charge >= 0.3 is 5.97 Å². The maximum Gasteiger partial charge on any atom is 0.349 e. The zero-order chi connectivity index (χ0) is 16.0. The lowest BCUT2D eigenvalue weighted by Gasteiger charge is -2.20. The number of alkyl halides is 1. The lowest BCUT2D eigenvalue weighted by Crippen LogP contribution is -2.33. The van der Waals surface area contributed by atoms with Gasteiger partial charge in [-0.25, -0.2) is 9.18 Å². The van der Waals surface area contributed by atoms with E-state index in [2.05, 4.69) is 0 Å². The van der Waals surface area contributed by atoms with Gasteiger partial charge in [0.1, 0.15) is 11.4 Å². The van der Waals surface area contributed by atoms with Gasteiger partial charge in [0.2, 0.25) is 5.78 Å². The minimum absolute atomic E-state index is 0.676. The number of ketones is 1. The van der Waals surface area contributed by atoms with E-state index in [9.17, 15) is 14.0 Å². The van der Waals surface area contributed by atoms with Gasteiger partial charge in [0, 0.05) is 0 Å². The Kier molecular flexibility index (Phi) is 5.64. The highest BCUT2D eigenvalue weighted by Crippen LogP contribution is 2.14. The number of halogens is 1. The number of ether oxygens (including phenoxy) is 2. The summed E-state index contributed by atoms with van der Waals surface area (Å²) in [7, 11) is 1.54. The normalized spacial score (nSPS) is 13.0. The summed E-state index contributed by atoms with van der Waals surface area (Å²) in [6.45, 7) is 4.82. The molecule has 0 N–H and O–H groups in total. The maximum absolute atomic E-state index is 13.6. The molecule has 5 heteroatoms. The summed E-state index contributed by atoms with van der Waals surface area (Å²) >= 11 is 0. The van der Waals surface area contributed by atoms with Crippen LogP contribution >= 0.6 is 0 Å². The summed E-state index contributed by atoms with van der Waals surface area (Å²) in [6.07, 6.45) is 0.147. The summed E-state index contributed by atoms with van der Waals surface area (Å²) in [5, 5.41) is 0. The molecule has 1 unspecified atom stereocenters. The highest BCUT2D eigenvalue weighted by molar-refractivity contribution is 6.09. The summed E-state index contributed by atoms with van der Waals surface area (Å²) in [4.78, 5) is 23.0. The summed E-state index contributed by atoms with van der Waals surface area (Å²) < 4.78 is 23.5. The number of hydrogen-bond donors (Lipinski definition) is 0. The Morgan fingerprint density at radius 2 is 1.76 bits per heavy atom. The first-order chi connectivity index (χ1) is 9.73. The van der Waals surface area contributed by atoms with E-state index in [1.165, 1.54) is 6.08 Å². The van der Waals surface area contributed by atoms with Crippen LogP contribution in [0.2, 0.25) is 0 Å². The molecule has 0 saturated heterocycles. The van der Waals surface area contributed by atoms with E-state index in [0.29, 0.717) is 11.3 Å². The summed E-state index contributed by atoms with van der Waals surface area (Å²) in [5.41, 5.74) is -0.137. The van der Waals surface area contributed by atoms with E-state index in [0.717, 1.165) is 6.08 Å². The van der Waals surface area contributed by atoms with Crippen molar-refractivity contribution in [3.8, 4) is 5.75 Å². The van der Waals surface area contributed by atoms with Crippen LogP contribution < -0.4 is 4.74 Å². The molecule has 1 rings (SSSR count). The average Bonchev–Trinajstić information content (AvgIpc) is 2.42. The first kappa shape index (κ1) is 16.9. The monoisotopic (exact) mass is 294 g/mol. The number of esters is 1. The molecule has 0 saturated carbocycles. The number of benzene rings is 1. The van der Waals surface area contributed by atoms with Gasteiger partial charge in [-0.2, -0.15) is 0 Å². The lowest BCUT2D eigenvalue weighted by molar-refractivity contribution is -0.162. The number of carbonyl (C=O) groups is 2. The molecule has 1 aromatic rings. The van der Waals surface area contributed by atoms with Crippen LogP contribution in [0.3, 0.4) is 0 Å². The summed E-state index contributed by atoms with van der Waals surface area (Å²) in [5.74, 6) is -1.44. The van der Waals surface area contributed by atoms with Crippen molar-refractivity contribution in [1.82, 2.24) is 0 Å². The number of carbonyl (C=O) groups excluding carboxylic acids is 2. The van der Waals surface area contributed by atoms with Crippen molar-refractivity contribution in [1.29, 1.82) is 0 Å². The molecule has 21 heavy (non-hydrogen) atoms. The predicted molar refractivity (Wildman–Crippen MR) is 77.8 cm³/mol. The van der Waals surface area contributed by atoms with Gasteiger partial charge in [-0.15, -0.1) is 0 Å². The highest BCUT2D eigenvalue weighted by Gasteiger charge is 2.29. The van der Waals surface area contributed by atoms with Crippen LogP contribution in [0.1, 0.15) is 26.3 Å². The van der Waals surface area contributed by atoms with Gasteiger partial charge in [0.15, 0.2) is 0 Å². The number of methoxy groups -OCH3 is 1. The second kappa shape index (κ2) is 7.02. The van der Waals surface area contributed by atoms with E-state index in [1.54, 1.807) is 52.1 Å². The average molecular weight is 294 g/mol. The van der Waals surface area contributed by atoms with Crippen molar-refractivity contribution >= 4 is 17.8 Å². The van der Waals surface area contributed by atoms with Crippen LogP contribution in [0.5, 0.6) is 5.75 Å². The van der Waals surface area contributed by atoms with E-state index in [-0.39, 0.29) is 0 Å². The Morgan fingerprint density at radius 1 is 1.19 bits per heavy atom. The third kappa shape index (κ3) is 5.77. The van der Waals surface area contributed by atoms with E-state index < -0.39 is 23.5 Å². The Morgan fingerprint density at radius 3 is 2.24 bits per heavy atom. The van der Waals surface area contributed by atoms with Gasteiger partial charge < -0.3 is 9.47 Å². The Bertz CT molecular complexity index is 526. The summed E-state index contributed by atoms with van der Waals surface area (Å²) in [6, 6.07) is 6.85. The fourth-order valence-electron chi connectivity index (χ4n) is 1.45. The zero-order valence-electron chi connectivity index (χ0n) is 12.6. The van der Waals surface area contributed by atoms with Crippen molar-refractivity contribution in [2.24, 2.45) is 0 Å². The quantitative estimate of drug-likeness (QED) is 0.476. The molecular weight excluding hydrogens is 275 g/mol. The van der Waals surface area contributed by atoms with Gasteiger partial charge in [0.05, 0.1) is 7.11 Å².